The van der Waals surface area contributed by atoms with Crippen LogP contribution in [0.5, 0.6) is 0 Å². The second kappa shape index (κ2) is 5.73. The van der Waals surface area contributed by atoms with Gasteiger partial charge >= 0.3 is 0 Å². The maximum atomic E-state index is 4.68. The monoisotopic (exact) mass is 283 g/mol. The number of hydrogen-bond donors (Lipinski definition) is 1. The molecule has 0 radical (unpaired) electrons. The number of thiazole rings is 1. The van der Waals surface area contributed by atoms with Gasteiger partial charge in [-0.1, -0.05) is 18.3 Å². The van der Waals surface area contributed by atoms with Crippen LogP contribution in [0.2, 0.25) is 0 Å². The Morgan fingerprint density at radius 2 is 2.00 bits per heavy atom. The van der Waals surface area contributed by atoms with Crippen molar-refractivity contribution in [3.05, 3.63) is 10.7 Å². The van der Waals surface area contributed by atoms with E-state index in [1.54, 1.807) is 22.7 Å². The van der Waals surface area contributed by atoms with Crippen LogP contribution in [0.3, 0.4) is 0 Å². The molecule has 0 fully saturated rings. The number of aryl methyl sites for hydroxylation is 1. The van der Waals surface area contributed by atoms with E-state index in [1.807, 2.05) is 7.05 Å². The molecule has 0 saturated carbocycles. The van der Waals surface area contributed by atoms with E-state index in [0.29, 0.717) is 0 Å². The Hall–Kier alpha value is -1.05. The minimum Gasteiger partial charge on any atom is -0.363 e. The first-order valence-electron chi connectivity index (χ1n) is 5.79. The van der Waals surface area contributed by atoms with Gasteiger partial charge in [0.15, 0.2) is 5.01 Å². The summed E-state index contributed by atoms with van der Waals surface area (Å²) in [7, 11) is 5.96. The average molecular weight is 283 g/mol. The van der Waals surface area contributed by atoms with Crippen LogP contribution < -0.4 is 5.32 Å². The molecule has 18 heavy (non-hydrogen) atoms. The Labute approximate surface area is 115 Å². The van der Waals surface area contributed by atoms with Crippen LogP contribution in [-0.4, -0.2) is 41.2 Å². The van der Waals surface area contributed by atoms with E-state index < -0.39 is 0 Å². The summed E-state index contributed by atoms with van der Waals surface area (Å²) in [6.07, 6.45) is 0.924. The minimum atomic E-state index is 0.842. The van der Waals surface area contributed by atoms with Crippen molar-refractivity contribution in [2.45, 2.75) is 19.9 Å². The second-order valence-corrected chi connectivity index (χ2v) is 6.20. The van der Waals surface area contributed by atoms with Gasteiger partial charge in [-0.15, -0.1) is 21.5 Å². The van der Waals surface area contributed by atoms with Crippen LogP contribution in [-0.2, 0) is 13.0 Å². The van der Waals surface area contributed by atoms with Crippen molar-refractivity contribution in [2.24, 2.45) is 0 Å². The third-order valence-corrected chi connectivity index (χ3v) is 4.54. The van der Waals surface area contributed by atoms with Gasteiger partial charge < -0.3 is 10.2 Å². The highest BCUT2D eigenvalue weighted by atomic mass is 32.1. The molecule has 0 spiro atoms. The molecule has 0 aromatic carbocycles. The molecule has 0 unspecified atom stereocenters. The van der Waals surface area contributed by atoms with Gasteiger partial charge in [-0.05, 0) is 20.5 Å². The molecule has 0 aliphatic carbocycles. The lowest BCUT2D eigenvalue weighted by atomic mass is 10.3. The molecule has 2 aromatic rings. The first-order chi connectivity index (χ1) is 8.63. The van der Waals surface area contributed by atoms with Crippen LogP contribution in [0.4, 0.5) is 5.13 Å². The summed E-state index contributed by atoms with van der Waals surface area (Å²) in [4.78, 5) is 7.96. The van der Waals surface area contributed by atoms with E-state index in [2.05, 4.69) is 46.4 Å². The normalized spacial score (nSPS) is 11.2. The summed E-state index contributed by atoms with van der Waals surface area (Å²) in [5.41, 5.74) is 1.12. The van der Waals surface area contributed by atoms with Crippen molar-refractivity contribution in [2.75, 3.05) is 26.5 Å². The number of aromatic nitrogens is 3. The average Bonchev–Trinajstić information content (AvgIpc) is 2.93. The first kappa shape index (κ1) is 13.4. The van der Waals surface area contributed by atoms with E-state index >= 15 is 0 Å². The minimum absolute atomic E-state index is 0.842. The Kier molecular flexibility index (Phi) is 4.26. The molecule has 0 amide bonds. The van der Waals surface area contributed by atoms with Gasteiger partial charge in [0.1, 0.15) is 5.01 Å². The molecule has 0 bridgehead atoms. The molecule has 0 saturated heterocycles. The summed E-state index contributed by atoms with van der Waals surface area (Å²) in [5, 5.41) is 14.3. The SMILES string of the molecule is CCc1nc(CN(C)C)sc1-c1nnc(NC)s1. The number of rotatable bonds is 5. The predicted octanol–water partition coefficient (Wildman–Crippen LogP) is 2.33. The number of nitrogens with zero attached hydrogens (tertiary/aromatic N) is 4. The lowest BCUT2D eigenvalue weighted by Crippen LogP contribution is -2.10. The molecule has 2 heterocycles. The standard InChI is InChI=1S/C11H17N5S2/c1-5-7-9(10-14-15-11(12-2)18-10)17-8(13-7)6-16(3)4/h5-6H2,1-4H3,(H,12,15). The van der Waals surface area contributed by atoms with E-state index in [4.69, 9.17) is 0 Å². The summed E-state index contributed by atoms with van der Waals surface area (Å²) in [5.74, 6) is 0. The highest BCUT2D eigenvalue weighted by Gasteiger charge is 2.16. The highest BCUT2D eigenvalue weighted by molar-refractivity contribution is 7.23. The molecule has 0 atom stereocenters. The van der Waals surface area contributed by atoms with Gasteiger partial charge in [-0.3, -0.25) is 0 Å². The fraction of sp³-hybridized carbons (Fsp3) is 0.545. The lowest BCUT2D eigenvalue weighted by Gasteiger charge is -2.04. The maximum absolute atomic E-state index is 4.68. The molecule has 2 aromatic heterocycles. The van der Waals surface area contributed by atoms with Gasteiger partial charge in [0, 0.05) is 13.6 Å². The van der Waals surface area contributed by atoms with Crippen molar-refractivity contribution in [3.8, 4) is 9.88 Å². The molecule has 7 heteroatoms. The van der Waals surface area contributed by atoms with Crippen molar-refractivity contribution < 1.29 is 0 Å². The van der Waals surface area contributed by atoms with Crippen LogP contribution in [0, 0.1) is 0 Å². The Balaban J connectivity index is 2.33. The third kappa shape index (κ3) is 2.85. The largest absolute Gasteiger partial charge is 0.363 e. The van der Waals surface area contributed by atoms with Crippen LogP contribution in [0.1, 0.15) is 17.6 Å². The van der Waals surface area contributed by atoms with Crippen molar-refractivity contribution in [1.29, 1.82) is 0 Å². The number of hydrogen-bond acceptors (Lipinski definition) is 7. The topological polar surface area (TPSA) is 53.9 Å². The van der Waals surface area contributed by atoms with Crippen LogP contribution >= 0.6 is 22.7 Å². The Morgan fingerprint density at radius 3 is 2.56 bits per heavy atom. The molecule has 5 nitrogen and oxygen atoms in total. The second-order valence-electron chi connectivity index (χ2n) is 4.14. The molecule has 2 rings (SSSR count). The fourth-order valence-electron chi connectivity index (χ4n) is 1.56. The Bertz CT molecular complexity index is 517. The highest BCUT2D eigenvalue weighted by Crippen LogP contribution is 2.34. The maximum Gasteiger partial charge on any atom is 0.205 e. The summed E-state index contributed by atoms with van der Waals surface area (Å²) >= 11 is 3.29. The first-order valence-corrected chi connectivity index (χ1v) is 7.42. The molecule has 1 N–H and O–H groups in total. The smallest absolute Gasteiger partial charge is 0.205 e. The fourth-order valence-corrected chi connectivity index (χ4v) is 3.62. The van der Waals surface area contributed by atoms with Crippen LogP contribution in [0.15, 0.2) is 0 Å². The molecular formula is C11H17N5S2. The molecule has 0 aliphatic rings. The summed E-state index contributed by atoms with van der Waals surface area (Å²) in [6, 6.07) is 0. The third-order valence-electron chi connectivity index (χ3n) is 2.36. The van der Waals surface area contributed by atoms with Crippen LogP contribution in [0.25, 0.3) is 9.88 Å². The van der Waals surface area contributed by atoms with Gasteiger partial charge in [0.2, 0.25) is 5.13 Å². The quantitative estimate of drug-likeness (QED) is 0.912. The number of anilines is 1. The lowest BCUT2D eigenvalue weighted by molar-refractivity contribution is 0.401. The van der Waals surface area contributed by atoms with Gasteiger partial charge in [-0.25, -0.2) is 4.98 Å². The Morgan fingerprint density at radius 1 is 1.22 bits per heavy atom. The molecule has 98 valence electrons. The summed E-state index contributed by atoms with van der Waals surface area (Å²) in [6.45, 7) is 2.99. The van der Waals surface area contributed by atoms with E-state index in [1.165, 1.54) is 0 Å². The van der Waals surface area contributed by atoms with Crippen molar-refractivity contribution in [3.63, 3.8) is 0 Å². The van der Waals surface area contributed by atoms with Gasteiger partial charge in [-0.2, -0.15) is 0 Å². The van der Waals surface area contributed by atoms with Crippen molar-refractivity contribution in [1.82, 2.24) is 20.1 Å². The predicted molar refractivity (Wildman–Crippen MR) is 77.3 cm³/mol. The van der Waals surface area contributed by atoms with E-state index in [9.17, 15) is 0 Å². The zero-order valence-corrected chi connectivity index (χ0v) is 12.7. The van der Waals surface area contributed by atoms with E-state index in [0.717, 1.165) is 38.7 Å². The van der Waals surface area contributed by atoms with Gasteiger partial charge in [0.25, 0.3) is 0 Å². The van der Waals surface area contributed by atoms with E-state index in [-0.39, 0.29) is 0 Å². The zero-order chi connectivity index (χ0) is 13.1. The van der Waals surface area contributed by atoms with Gasteiger partial charge in [0.05, 0.1) is 10.6 Å². The van der Waals surface area contributed by atoms with Crippen molar-refractivity contribution >= 4 is 27.8 Å². The number of nitrogens with one attached hydrogen (secondary N) is 1. The molecule has 0 aliphatic heterocycles. The zero-order valence-electron chi connectivity index (χ0n) is 11.0. The molecular weight excluding hydrogens is 266 g/mol. The summed E-state index contributed by atoms with van der Waals surface area (Å²) < 4.78 is 0.